The third-order valence-electron chi connectivity index (χ3n) is 3.06. The maximum Gasteiger partial charge on any atom is 0.128 e. The quantitative estimate of drug-likeness (QED) is 0.318. The van der Waals surface area contributed by atoms with E-state index >= 15 is 0 Å². The van der Waals surface area contributed by atoms with Gasteiger partial charge in [0.1, 0.15) is 18.5 Å². The molecule has 1 aromatic rings. The molecule has 5 heteroatoms. The lowest BCUT2D eigenvalue weighted by Gasteiger charge is -2.15. The van der Waals surface area contributed by atoms with Crippen molar-refractivity contribution < 1.29 is 19.8 Å². The number of aryl methyl sites for hydroxylation is 1. The molecule has 0 saturated carbocycles. The number of ether oxygens (including phenoxy) is 2. The third kappa shape index (κ3) is 6.14. The van der Waals surface area contributed by atoms with Crippen LogP contribution in [0.25, 0.3) is 0 Å². The number of aliphatic hydroxyl groups is 1. The van der Waals surface area contributed by atoms with Crippen molar-refractivity contribution in [3.63, 3.8) is 0 Å². The molecule has 0 aliphatic rings. The van der Waals surface area contributed by atoms with Gasteiger partial charge >= 0.3 is 0 Å². The zero-order chi connectivity index (χ0) is 15.7. The van der Waals surface area contributed by atoms with Crippen LogP contribution in [-0.2, 0) is 4.74 Å². The number of rotatable bonds is 9. The number of aliphatic hydroxyl groups excluding tert-OH is 1. The van der Waals surface area contributed by atoms with Crippen LogP contribution in [-0.4, -0.2) is 42.0 Å². The highest BCUT2D eigenvalue weighted by atomic mass is 16.5. The van der Waals surface area contributed by atoms with Gasteiger partial charge in [0.05, 0.1) is 12.3 Å². The van der Waals surface area contributed by atoms with Crippen LogP contribution in [0.1, 0.15) is 37.8 Å². The van der Waals surface area contributed by atoms with E-state index in [1.807, 2.05) is 25.1 Å². The summed E-state index contributed by atoms with van der Waals surface area (Å²) in [7, 11) is 0. The molecule has 118 valence electrons. The molecule has 1 atom stereocenters. The van der Waals surface area contributed by atoms with Crippen LogP contribution in [0.3, 0.4) is 0 Å². The number of unbranched alkanes of at least 4 members (excludes halogenated alkanes) is 1. The van der Waals surface area contributed by atoms with E-state index in [1.165, 1.54) is 0 Å². The lowest BCUT2D eigenvalue weighted by Crippen LogP contribution is -2.24. The Kier molecular flexibility index (Phi) is 7.79. The van der Waals surface area contributed by atoms with Crippen molar-refractivity contribution in [3.8, 4) is 5.75 Å². The first-order valence-electron chi connectivity index (χ1n) is 7.26. The molecule has 1 aromatic carbocycles. The van der Waals surface area contributed by atoms with Gasteiger partial charge in [0.2, 0.25) is 0 Å². The minimum atomic E-state index is -0.678. The van der Waals surface area contributed by atoms with Gasteiger partial charge in [-0.1, -0.05) is 30.1 Å². The maximum absolute atomic E-state index is 9.82. The summed E-state index contributed by atoms with van der Waals surface area (Å²) < 4.78 is 11.0. The predicted octanol–water partition coefficient (Wildman–Crippen LogP) is 2.75. The molecule has 1 unspecified atom stereocenters. The van der Waals surface area contributed by atoms with Gasteiger partial charge in [-0.2, -0.15) is 0 Å². The summed E-state index contributed by atoms with van der Waals surface area (Å²) in [6.45, 7) is 6.79. The molecule has 0 spiro atoms. The molecule has 0 radical (unpaired) electrons. The Balaban J connectivity index is 2.55. The highest BCUT2D eigenvalue weighted by Gasteiger charge is 2.11. The highest BCUT2D eigenvalue weighted by molar-refractivity contribution is 6.00. The lowest BCUT2D eigenvalue weighted by molar-refractivity contribution is 0.0113. The zero-order valence-corrected chi connectivity index (χ0v) is 13.0. The average Bonchev–Trinajstić information content (AvgIpc) is 2.49. The monoisotopic (exact) mass is 295 g/mol. The van der Waals surface area contributed by atoms with E-state index in [1.54, 1.807) is 6.92 Å². The number of benzene rings is 1. The van der Waals surface area contributed by atoms with Crippen molar-refractivity contribution in [2.75, 3.05) is 19.8 Å². The summed E-state index contributed by atoms with van der Waals surface area (Å²) in [6.07, 6.45) is 1.38. The number of nitrogens with zero attached hydrogens (tertiary/aromatic N) is 1. The van der Waals surface area contributed by atoms with E-state index in [0.29, 0.717) is 18.1 Å². The summed E-state index contributed by atoms with van der Waals surface area (Å²) in [5.41, 5.74) is 2.24. The van der Waals surface area contributed by atoms with Crippen LogP contribution < -0.4 is 4.74 Å². The van der Waals surface area contributed by atoms with E-state index in [2.05, 4.69) is 12.1 Å². The Labute approximate surface area is 126 Å². The zero-order valence-electron chi connectivity index (χ0n) is 13.0. The fraction of sp³-hybridized carbons (Fsp3) is 0.562. The molecule has 0 fully saturated rings. The van der Waals surface area contributed by atoms with Crippen molar-refractivity contribution in [3.05, 3.63) is 29.3 Å². The normalized spacial score (nSPS) is 13.2. The van der Waals surface area contributed by atoms with Crippen molar-refractivity contribution >= 4 is 5.71 Å². The molecule has 5 nitrogen and oxygen atoms in total. The van der Waals surface area contributed by atoms with E-state index in [0.717, 1.165) is 24.0 Å². The Hall–Kier alpha value is -1.59. The molecule has 0 amide bonds. The van der Waals surface area contributed by atoms with Crippen LogP contribution in [0.2, 0.25) is 0 Å². The van der Waals surface area contributed by atoms with Gasteiger partial charge in [-0.05, 0) is 32.4 Å². The first-order valence-corrected chi connectivity index (χ1v) is 7.26. The van der Waals surface area contributed by atoms with Gasteiger partial charge in [0.15, 0.2) is 0 Å². The van der Waals surface area contributed by atoms with Crippen LogP contribution >= 0.6 is 0 Å². The standard InChI is InChI=1S/C16H25NO4/c1-4-5-8-20-10-14(18)11-21-16-7-6-12(2)9-15(16)13(3)17-19/h6-7,9,14,18-19H,4-5,8,10-11H2,1-3H3/b17-13+. The molecule has 0 aliphatic heterocycles. The second-order valence-corrected chi connectivity index (χ2v) is 5.08. The molecule has 1 rings (SSSR count). The maximum atomic E-state index is 9.82. The summed E-state index contributed by atoms with van der Waals surface area (Å²) >= 11 is 0. The first kappa shape index (κ1) is 17.5. The van der Waals surface area contributed by atoms with E-state index < -0.39 is 6.10 Å². The summed E-state index contributed by atoms with van der Waals surface area (Å²) in [6, 6.07) is 5.60. The fourth-order valence-electron chi connectivity index (χ4n) is 1.81. The lowest BCUT2D eigenvalue weighted by atomic mass is 10.1. The molecule has 0 saturated heterocycles. The molecule has 0 aliphatic carbocycles. The van der Waals surface area contributed by atoms with Crippen molar-refractivity contribution in [2.45, 2.75) is 39.7 Å². The Morgan fingerprint density at radius 2 is 2.10 bits per heavy atom. The average molecular weight is 295 g/mol. The molecule has 2 N–H and O–H groups in total. The highest BCUT2D eigenvalue weighted by Crippen LogP contribution is 2.21. The van der Waals surface area contributed by atoms with Gasteiger partial charge < -0.3 is 19.8 Å². The molecule has 0 bridgehead atoms. The van der Waals surface area contributed by atoms with Crippen LogP contribution in [0.4, 0.5) is 0 Å². The van der Waals surface area contributed by atoms with E-state index in [9.17, 15) is 5.11 Å². The van der Waals surface area contributed by atoms with E-state index in [-0.39, 0.29) is 13.2 Å². The summed E-state index contributed by atoms with van der Waals surface area (Å²) in [4.78, 5) is 0. The van der Waals surface area contributed by atoms with Gasteiger partial charge in [0.25, 0.3) is 0 Å². The second-order valence-electron chi connectivity index (χ2n) is 5.08. The van der Waals surface area contributed by atoms with Gasteiger partial charge in [-0.3, -0.25) is 0 Å². The largest absolute Gasteiger partial charge is 0.490 e. The minimum Gasteiger partial charge on any atom is -0.490 e. The van der Waals surface area contributed by atoms with Crippen LogP contribution in [0.5, 0.6) is 5.75 Å². The van der Waals surface area contributed by atoms with Crippen LogP contribution in [0, 0.1) is 6.92 Å². The van der Waals surface area contributed by atoms with Gasteiger partial charge in [-0.25, -0.2) is 0 Å². The minimum absolute atomic E-state index is 0.140. The Morgan fingerprint density at radius 3 is 2.76 bits per heavy atom. The topological polar surface area (TPSA) is 71.3 Å². The molecule has 21 heavy (non-hydrogen) atoms. The van der Waals surface area contributed by atoms with Gasteiger partial charge in [-0.15, -0.1) is 0 Å². The fourth-order valence-corrected chi connectivity index (χ4v) is 1.81. The Morgan fingerprint density at radius 1 is 1.33 bits per heavy atom. The third-order valence-corrected chi connectivity index (χ3v) is 3.06. The number of hydrogen-bond donors (Lipinski definition) is 2. The smallest absolute Gasteiger partial charge is 0.128 e. The van der Waals surface area contributed by atoms with Crippen molar-refractivity contribution in [2.24, 2.45) is 5.16 Å². The molecular weight excluding hydrogens is 270 g/mol. The predicted molar refractivity (Wildman–Crippen MR) is 82.4 cm³/mol. The van der Waals surface area contributed by atoms with Crippen molar-refractivity contribution in [1.29, 1.82) is 0 Å². The van der Waals surface area contributed by atoms with Crippen molar-refractivity contribution in [1.82, 2.24) is 0 Å². The second kappa shape index (κ2) is 9.37. The van der Waals surface area contributed by atoms with Crippen LogP contribution in [0.15, 0.2) is 23.4 Å². The number of oxime groups is 1. The van der Waals surface area contributed by atoms with Gasteiger partial charge in [0, 0.05) is 12.2 Å². The first-order chi connectivity index (χ1) is 10.1. The Bertz CT molecular complexity index is 460. The molecule has 0 heterocycles. The summed E-state index contributed by atoms with van der Waals surface area (Å²) in [5, 5.41) is 21.9. The SMILES string of the molecule is CCCCOCC(O)COc1ccc(C)cc1/C(C)=N/O. The van der Waals surface area contributed by atoms with E-state index in [4.69, 9.17) is 14.7 Å². The molecular formula is C16H25NO4. The molecule has 0 aromatic heterocycles. The summed E-state index contributed by atoms with van der Waals surface area (Å²) in [5.74, 6) is 0.587. The number of hydrogen-bond acceptors (Lipinski definition) is 5.